The molecule has 12 nitrogen and oxygen atoms in total. The largest absolute Gasteiger partial charge is 0.356 e. The Hall–Kier alpha value is -4.75. The van der Waals surface area contributed by atoms with Gasteiger partial charge in [-0.15, -0.1) is 0 Å². The number of imidazole rings is 1. The molecule has 2 aliphatic carbocycles. The zero-order valence-corrected chi connectivity index (χ0v) is 23.5. The van der Waals surface area contributed by atoms with Gasteiger partial charge >= 0.3 is 5.69 Å². The highest BCUT2D eigenvalue weighted by Gasteiger charge is 2.71. The van der Waals surface area contributed by atoms with Crippen molar-refractivity contribution in [1.29, 1.82) is 0 Å². The van der Waals surface area contributed by atoms with E-state index in [1.165, 1.54) is 22.5 Å². The summed E-state index contributed by atoms with van der Waals surface area (Å²) < 4.78 is 30.7. The van der Waals surface area contributed by atoms with E-state index in [1.54, 1.807) is 37.4 Å². The van der Waals surface area contributed by atoms with Crippen LogP contribution in [0.1, 0.15) is 26.2 Å². The number of anilines is 2. The third kappa shape index (κ3) is 4.18. The summed E-state index contributed by atoms with van der Waals surface area (Å²) >= 11 is 0. The second-order valence-electron chi connectivity index (χ2n) is 11.5. The summed E-state index contributed by atoms with van der Waals surface area (Å²) in [5, 5.41) is 2.85. The van der Waals surface area contributed by atoms with Gasteiger partial charge in [0.1, 0.15) is 17.2 Å². The number of aryl methyl sites for hydroxylation is 1. The normalized spacial score (nSPS) is 21.1. The Balaban J connectivity index is 1.12. The van der Waals surface area contributed by atoms with Gasteiger partial charge in [0.2, 0.25) is 0 Å². The molecule has 2 unspecified atom stereocenters. The number of Topliss-reactive ketones (excluding diaryl/α,β-unsaturated/α-hetero) is 1. The van der Waals surface area contributed by atoms with Crippen LogP contribution in [0.3, 0.4) is 0 Å². The van der Waals surface area contributed by atoms with E-state index in [9.17, 15) is 28.0 Å². The van der Waals surface area contributed by atoms with Crippen LogP contribution in [0.15, 0.2) is 52.4 Å². The van der Waals surface area contributed by atoms with Crippen molar-refractivity contribution >= 4 is 34.5 Å². The molecule has 3 aliphatic rings. The van der Waals surface area contributed by atoms with Crippen molar-refractivity contribution in [3.8, 4) is 11.3 Å². The van der Waals surface area contributed by atoms with Crippen molar-refractivity contribution in [3.05, 3.63) is 63.7 Å². The van der Waals surface area contributed by atoms with Crippen molar-refractivity contribution in [2.24, 2.45) is 18.9 Å². The van der Waals surface area contributed by atoms with Crippen LogP contribution in [-0.2, 0) is 28.7 Å². The number of carbonyl (C=O) groups excluding carboxylic acids is 2. The summed E-state index contributed by atoms with van der Waals surface area (Å²) in [4.78, 5) is 67.0. The number of nitrogens with one attached hydrogen (secondary N) is 1. The number of carbonyl (C=O) groups is 2. The van der Waals surface area contributed by atoms with E-state index in [0.29, 0.717) is 48.8 Å². The molecular formula is C29H28F2N8O4. The molecule has 222 valence electrons. The van der Waals surface area contributed by atoms with Gasteiger partial charge < -0.3 is 14.8 Å². The van der Waals surface area contributed by atoms with Gasteiger partial charge in [0, 0.05) is 38.3 Å². The first-order chi connectivity index (χ1) is 20.5. The van der Waals surface area contributed by atoms with Crippen LogP contribution >= 0.6 is 0 Å². The third-order valence-electron chi connectivity index (χ3n) is 8.93. The summed E-state index contributed by atoms with van der Waals surface area (Å²) in [7, 11) is 1.47. The second kappa shape index (κ2) is 9.38. The van der Waals surface area contributed by atoms with E-state index in [0.717, 1.165) is 4.57 Å². The second-order valence-corrected chi connectivity index (χ2v) is 11.5. The number of hydrogen-bond donors (Lipinski definition) is 1. The zero-order valence-electron chi connectivity index (χ0n) is 23.5. The Bertz CT molecular complexity index is 1910. The molecule has 0 aromatic carbocycles. The summed E-state index contributed by atoms with van der Waals surface area (Å²) in [6.45, 7) is 1.88. The summed E-state index contributed by atoms with van der Waals surface area (Å²) in [6.07, 6.45) is 4.06. The van der Waals surface area contributed by atoms with Crippen LogP contribution < -0.4 is 21.5 Å². The number of fused-ring (bicyclic) bond motifs is 2. The first kappa shape index (κ1) is 27.1. The zero-order chi connectivity index (χ0) is 30.3. The quantitative estimate of drug-likeness (QED) is 0.330. The van der Waals surface area contributed by atoms with E-state index in [1.807, 2.05) is 11.0 Å². The lowest BCUT2D eigenvalue weighted by molar-refractivity contribution is -0.120. The summed E-state index contributed by atoms with van der Waals surface area (Å²) in [5.74, 6) is -3.47. The Labute approximate surface area is 243 Å². The molecule has 1 amide bonds. The lowest BCUT2D eigenvalue weighted by Crippen LogP contribution is -2.42. The molecule has 0 bridgehead atoms. The molecule has 14 heteroatoms. The minimum Gasteiger partial charge on any atom is -0.356 e. The lowest BCUT2D eigenvalue weighted by Gasteiger charge is -2.21. The molecule has 1 N–H and O–H groups in total. The predicted octanol–water partition coefficient (Wildman–Crippen LogP) is 2.16. The Morgan fingerprint density at radius 1 is 1.07 bits per heavy atom. The molecule has 3 fully saturated rings. The summed E-state index contributed by atoms with van der Waals surface area (Å²) in [6, 6.07) is 8.76. The number of halogens is 2. The maximum Gasteiger partial charge on any atom is 0.332 e. The minimum absolute atomic E-state index is 0.0746. The Morgan fingerprint density at radius 2 is 1.81 bits per heavy atom. The van der Waals surface area contributed by atoms with Gasteiger partial charge in [0.25, 0.3) is 17.4 Å². The van der Waals surface area contributed by atoms with Gasteiger partial charge in [-0.2, -0.15) is 0 Å². The monoisotopic (exact) mass is 590 g/mol. The fourth-order valence-electron chi connectivity index (χ4n) is 6.03. The third-order valence-corrected chi connectivity index (χ3v) is 8.93. The highest BCUT2D eigenvalue weighted by Crippen LogP contribution is 2.59. The lowest BCUT2D eigenvalue weighted by atomic mass is 10.2. The molecule has 4 aromatic rings. The number of rotatable bonds is 8. The molecule has 2 saturated carbocycles. The fourth-order valence-corrected chi connectivity index (χ4v) is 6.03. The van der Waals surface area contributed by atoms with Gasteiger partial charge in [-0.05, 0) is 37.1 Å². The minimum atomic E-state index is -2.55. The van der Waals surface area contributed by atoms with E-state index < -0.39 is 40.5 Å². The number of amides is 1. The highest BCUT2D eigenvalue weighted by atomic mass is 19.3. The molecule has 2 atom stereocenters. The van der Waals surface area contributed by atoms with E-state index in [4.69, 9.17) is 0 Å². The maximum atomic E-state index is 13.6. The molecule has 1 saturated heterocycles. The van der Waals surface area contributed by atoms with E-state index in [2.05, 4.69) is 20.3 Å². The number of alkyl halides is 2. The number of hydrogen-bond acceptors (Lipinski definition) is 8. The summed E-state index contributed by atoms with van der Waals surface area (Å²) in [5.41, 5.74) is -0.973. The van der Waals surface area contributed by atoms with Crippen LogP contribution in [-0.4, -0.2) is 59.4 Å². The molecule has 7 rings (SSSR count). The van der Waals surface area contributed by atoms with E-state index in [-0.39, 0.29) is 29.9 Å². The van der Waals surface area contributed by atoms with Gasteiger partial charge in [-0.25, -0.2) is 28.5 Å². The van der Waals surface area contributed by atoms with E-state index >= 15 is 0 Å². The molecule has 0 radical (unpaired) electrons. The predicted molar refractivity (Wildman–Crippen MR) is 152 cm³/mol. The average molecular weight is 591 g/mol. The van der Waals surface area contributed by atoms with Gasteiger partial charge in [0.15, 0.2) is 16.9 Å². The standard InChI is InChI=1S/C29H28F2N8O4/c1-3-17(40)12-38-25(41)23-24(36(2)27(38)43)33-15-39(23)28(9-10-28)26(42)35-21-6-4-5-20(34-21)16-7-8-22(32-11-16)37-13-18-19(14-37)29(18,30)31/h4-8,11,15,18-19H,3,9-10,12-14H2,1-2H3,(H,34,35,42). The van der Waals surface area contributed by atoms with Crippen molar-refractivity contribution < 1.29 is 18.4 Å². The number of aromatic nitrogens is 6. The van der Waals surface area contributed by atoms with Crippen LogP contribution in [0.2, 0.25) is 0 Å². The van der Waals surface area contributed by atoms with Crippen LogP contribution in [0.4, 0.5) is 20.4 Å². The molecule has 4 aromatic heterocycles. The molecule has 43 heavy (non-hydrogen) atoms. The Kier molecular flexibility index (Phi) is 5.91. The fraction of sp³-hybridized carbons (Fsp3) is 0.414. The number of pyridine rings is 2. The first-order valence-electron chi connectivity index (χ1n) is 14.1. The van der Waals surface area contributed by atoms with Crippen LogP contribution in [0, 0.1) is 11.8 Å². The van der Waals surface area contributed by atoms with Crippen molar-refractivity contribution in [3.63, 3.8) is 0 Å². The number of piperidine rings is 1. The number of ketones is 1. The average Bonchev–Trinajstić information content (AvgIpc) is 3.70. The molecular weight excluding hydrogens is 562 g/mol. The first-order valence-corrected chi connectivity index (χ1v) is 14.1. The number of nitrogens with zero attached hydrogens (tertiary/aromatic N) is 7. The van der Waals surface area contributed by atoms with Crippen LogP contribution in [0.25, 0.3) is 22.4 Å². The molecule has 0 spiro atoms. The highest BCUT2D eigenvalue weighted by molar-refractivity contribution is 5.99. The van der Waals surface area contributed by atoms with Gasteiger partial charge in [-0.3, -0.25) is 23.5 Å². The van der Waals surface area contributed by atoms with Crippen molar-refractivity contribution in [1.82, 2.24) is 28.7 Å². The van der Waals surface area contributed by atoms with Gasteiger partial charge in [-0.1, -0.05) is 13.0 Å². The maximum absolute atomic E-state index is 13.6. The van der Waals surface area contributed by atoms with Crippen molar-refractivity contribution in [2.45, 2.75) is 44.2 Å². The smallest absolute Gasteiger partial charge is 0.332 e. The molecule has 5 heterocycles. The SMILES string of the molecule is CCC(=O)Cn1c(=O)c2c(ncn2C2(C(=O)Nc3cccc(-c4ccc(N5CC6C(C5)C6(F)F)nc4)n3)CC2)n(C)c1=O. The topological polar surface area (TPSA) is 137 Å². The van der Waals surface area contributed by atoms with Crippen LogP contribution in [0.5, 0.6) is 0 Å². The Morgan fingerprint density at radius 3 is 2.47 bits per heavy atom. The van der Waals surface area contributed by atoms with Crippen molar-refractivity contribution in [2.75, 3.05) is 23.3 Å². The van der Waals surface area contributed by atoms with Gasteiger partial charge in [0.05, 0.1) is 30.4 Å². The molecule has 1 aliphatic heterocycles.